The van der Waals surface area contributed by atoms with Crippen LogP contribution in [0, 0.1) is 13.8 Å². The maximum atomic E-state index is 2.46. The van der Waals surface area contributed by atoms with Gasteiger partial charge in [0, 0.05) is 17.3 Å². The molecule has 0 N–H and O–H groups in total. The number of rotatable bonds is 5. The molecule has 8 rings (SSSR count). The first kappa shape index (κ1) is 25.7. The highest BCUT2D eigenvalue weighted by Crippen LogP contribution is 2.65. The van der Waals surface area contributed by atoms with Gasteiger partial charge in [0.1, 0.15) is 0 Å². The van der Waals surface area contributed by atoms with E-state index in [-0.39, 0.29) is 11.8 Å². The Morgan fingerprint density at radius 2 is 0.930 bits per heavy atom. The molecule has 0 amide bonds. The minimum atomic E-state index is -0.432. The van der Waals surface area contributed by atoms with Gasteiger partial charge in [-0.3, -0.25) is 0 Å². The Kier molecular flexibility index (Phi) is 6.05. The lowest BCUT2D eigenvalue weighted by Crippen LogP contribution is -2.41. The molecule has 0 aliphatic heterocycles. The topological polar surface area (TPSA) is 0 Å². The van der Waals surface area contributed by atoms with Crippen LogP contribution in [0.4, 0.5) is 0 Å². The lowest BCUT2D eigenvalue weighted by molar-refractivity contribution is 0.423. The summed E-state index contributed by atoms with van der Waals surface area (Å²) in [5.41, 5.74) is 15.8. The van der Waals surface area contributed by atoms with Crippen LogP contribution in [0.2, 0.25) is 0 Å². The van der Waals surface area contributed by atoms with Gasteiger partial charge in [0.2, 0.25) is 0 Å². The summed E-state index contributed by atoms with van der Waals surface area (Å²) in [5.74, 6) is 0.186. The molecule has 0 radical (unpaired) electrons. The zero-order valence-corrected chi connectivity index (χ0v) is 24.7. The first-order valence-corrected chi connectivity index (χ1v) is 15.3. The summed E-state index contributed by atoms with van der Waals surface area (Å²) < 4.78 is 0. The van der Waals surface area contributed by atoms with Gasteiger partial charge in [-0.05, 0) is 69.5 Å². The number of allylic oxidation sites excluding steroid dienone is 1. The van der Waals surface area contributed by atoms with Crippen LogP contribution in [0.25, 0.3) is 22.8 Å². The van der Waals surface area contributed by atoms with Crippen molar-refractivity contribution in [2.24, 2.45) is 0 Å². The van der Waals surface area contributed by atoms with Crippen molar-refractivity contribution < 1.29 is 0 Å². The predicted molar refractivity (Wildman–Crippen MR) is 180 cm³/mol. The number of aryl methyl sites for hydroxylation is 2. The van der Waals surface area contributed by atoms with Gasteiger partial charge in [-0.1, -0.05) is 169 Å². The van der Waals surface area contributed by atoms with E-state index in [9.17, 15) is 0 Å². The van der Waals surface area contributed by atoms with Crippen molar-refractivity contribution in [2.45, 2.75) is 31.1 Å². The molecule has 0 heteroatoms. The summed E-state index contributed by atoms with van der Waals surface area (Å²) in [6, 6.07) is 57.0. The van der Waals surface area contributed by atoms with E-state index in [1.165, 1.54) is 66.8 Å². The molecule has 1 atom stereocenters. The zero-order chi connectivity index (χ0) is 29.0. The molecule has 1 unspecified atom stereocenters. The quantitative estimate of drug-likeness (QED) is 0.200. The van der Waals surface area contributed by atoms with Crippen LogP contribution in [0.15, 0.2) is 152 Å². The molecule has 2 aliphatic carbocycles. The number of hydrogen-bond donors (Lipinski definition) is 0. The minimum Gasteiger partial charge on any atom is -0.0622 e. The van der Waals surface area contributed by atoms with Crippen molar-refractivity contribution in [3.05, 3.63) is 202 Å². The average molecular weight is 551 g/mol. The summed E-state index contributed by atoms with van der Waals surface area (Å²) in [6.45, 7) is 4.47. The van der Waals surface area contributed by atoms with E-state index in [2.05, 4.69) is 172 Å². The van der Waals surface area contributed by atoms with Crippen LogP contribution in [0.1, 0.15) is 61.9 Å². The van der Waals surface area contributed by atoms with Crippen molar-refractivity contribution in [2.75, 3.05) is 0 Å². The van der Waals surface area contributed by atoms with E-state index in [0.29, 0.717) is 0 Å². The van der Waals surface area contributed by atoms with Gasteiger partial charge in [-0.2, -0.15) is 0 Å². The highest BCUT2D eigenvalue weighted by atomic mass is 14.6. The van der Waals surface area contributed by atoms with Crippen LogP contribution < -0.4 is 0 Å². The summed E-state index contributed by atoms with van der Waals surface area (Å²) in [6.07, 6.45) is 2.46. The molecular formula is C43H34. The fourth-order valence-electron chi connectivity index (χ4n) is 8.11. The van der Waals surface area contributed by atoms with E-state index >= 15 is 0 Å². The first-order valence-electron chi connectivity index (χ1n) is 15.3. The molecule has 0 bridgehead atoms. The standard InChI is InChI=1S/C43H34/c1-29-22-24-36-37-25-23-30(2)27-40(37)42(39(36)26-29)43(33-17-8-4-9-18-33,34-19-10-5-11-20-34)41-35-21-13-12-16-32(35)28-38(41)31-14-6-3-7-15-31/h3-28,41-42H,1-2H3. The van der Waals surface area contributed by atoms with Crippen molar-refractivity contribution in [1.29, 1.82) is 0 Å². The molecule has 0 nitrogen and oxygen atoms in total. The monoisotopic (exact) mass is 550 g/mol. The second-order valence-corrected chi connectivity index (χ2v) is 12.2. The lowest BCUT2D eigenvalue weighted by Gasteiger charge is -2.48. The van der Waals surface area contributed by atoms with Crippen molar-refractivity contribution in [3.63, 3.8) is 0 Å². The van der Waals surface area contributed by atoms with Crippen molar-refractivity contribution in [3.8, 4) is 11.1 Å². The van der Waals surface area contributed by atoms with Crippen LogP contribution in [-0.4, -0.2) is 0 Å². The molecule has 206 valence electrons. The van der Waals surface area contributed by atoms with Gasteiger partial charge >= 0.3 is 0 Å². The molecule has 2 aliphatic rings. The van der Waals surface area contributed by atoms with Gasteiger partial charge in [0.25, 0.3) is 0 Å². The Morgan fingerprint density at radius 3 is 1.49 bits per heavy atom. The summed E-state index contributed by atoms with van der Waals surface area (Å²) in [4.78, 5) is 0. The third-order valence-corrected chi connectivity index (χ3v) is 9.78. The normalized spacial score (nSPS) is 15.5. The molecule has 0 aromatic heterocycles. The van der Waals surface area contributed by atoms with Gasteiger partial charge in [-0.25, -0.2) is 0 Å². The molecular weight excluding hydrogens is 516 g/mol. The molecule has 0 fully saturated rings. The Hall–Kier alpha value is -4.94. The van der Waals surface area contributed by atoms with Crippen LogP contribution >= 0.6 is 0 Å². The molecule has 0 saturated heterocycles. The van der Waals surface area contributed by atoms with Crippen LogP contribution in [0.3, 0.4) is 0 Å². The van der Waals surface area contributed by atoms with Gasteiger partial charge in [0.05, 0.1) is 0 Å². The highest BCUT2D eigenvalue weighted by molar-refractivity contribution is 5.94. The second-order valence-electron chi connectivity index (χ2n) is 12.2. The largest absolute Gasteiger partial charge is 0.0622 e. The Bertz CT molecular complexity index is 1890. The van der Waals surface area contributed by atoms with E-state index in [1.807, 2.05) is 0 Å². The number of fused-ring (bicyclic) bond motifs is 4. The average Bonchev–Trinajstić information content (AvgIpc) is 3.59. The van der Waals surface area contributed by atoms with Crippen molar-refractivity contribution >= 4 is 11.6 Å². The zero-order valence-electron chi connectivity index (χ0n) is 24.7. The van der Waals surface area contributed by atoms with E-state index in [0.717, 1.165) is 0 Å². The molecule has 0 saturated carbocycles. The summed E-state index contributed by atoms with van der Waals surface area (Å²) in [7, 11) is 0. The maximum absolute atomic E-state index is 2.46. The second kappa shape index (κ2) is 10.1. The maximum Gasteiger partial charge on any atom is 0.0421 e. The lowest BCUT2D eigenvalue weighted by atomic mass is 9.53. The number of hydrogen-bond acceptors (Lipinski definition) is 0. The fourth-order valence-corrected chi connectivity index (χ4v) is 8.11. The molecule has 0 heterocycles. The molecule has 6 aromatic rings. The fraction of sp³-hybridized carbons (Fsp3) is 0.116. The Labute approximate surface area is 255 Å². The van der Waals surface area contributed by atoms with Crippen molar-refractivity contribution in [1.82, 2.24) is 0 Å². The Morgan fingerprint density at radius 1 is 0.442 bits per heavy atom. The smallest absolute Gasteiger partial charge is 0.0421 e. The summed E-state index contributed by atoms with van der Waals surface area (Å²) >= 11 is 0. The van der Waals surface area contributed by atoms with Crippen LogP contribution in [-0.2, 0) is 5.41 Å². The Balaban J connectivity index is 1.56. The number of benzene rings is 6. The van der Waals surface area contributed by atoms with E-state index < -0.39 is 5.41 Å². The predicted octanol–water partition coefficient (Wildman–Crippen LogP) is 10.7. The van der Waals surface area contributed by atoms with Gasteiger partial charge in [-0.15, -0.1) is 0 Å². The van der Waals surface area contributed by atoms with Crippen LogP contribution in [0.5, 0.6) is 0 Å². The molecule has 0 spiro atoms. The van der Waals surface area contributed by atoms with E-state index in [1.54, 1.807) is 0 Å². The third-order valence-electron chi connectivity index (χ3n) is 9.78. The third kappa shape index (κ3) is 3.90. The molecule has 6 aromatic carbocycles. The minimum absolute atomic E-state index is 0.0840. The SMILES string of the molecule is Cc1ccc2c(c1)C(C(c1ccccc1)(c1ccccc1)C1C(c3ccccc3)=Cc3ccccc31)c1cc(C)ccc1-2. The van der Waals surface area contributed by atoms with Gasteiger partial charge < -0.3 is 0 Å². The molecule has 43 heavy (non-hydrogen) atoms. The highest BCUT2D eigenvalue weighted by Gasteiger charge is 2.55. The first-order chi connectivity index (χ1) is 21.2. The van der Waals surface area contributed by atoms with E-state index in [4.69, 9.17) is 0 Å². The summed E-state index contributed by atoms with van der Waals surface area (Å²) in [5, 5.41) is 0. The van der Waals surface area contributed by atoms with Gasteiger partial charge in [0.15, 0.2) is 0 Å².